The Labute approximate surface area is 360 Å². The minimum absolute atomic E-state index is 0.136. The first-order valence-electron chi connectivity index (χ1n) is 19.5. The predicted molar refractivity (Wildman–Crippen MR) is 237 cm³/mol. The molecule has 59 heavy (non-hydrogen) atoms. The van der Waals surface area contributed by atoms with Crippen LogP contribution < -0.4 is 20.1 Å². The van der Waals surface area contributed by atoms with Crippen LogP contribution in [0.3, 0.4) is 0 Å². The zero-order valence-electron chi connectivity index (χ0n) is 34.8. The average Bonchev–Trinajstić information content (AvgIpc) is 3.74. The first-order valence-corrected chi connectivity index (χ1v) is 20.6. The maximum absolute atomic E-state index is 12.6. The minimum Gasteiger partial charge on any atom is -0.504 e. The normalized spacial score (nSPS) is 12.6. The van der Waals surface area contributed by atoms with E-state index in [4.69, 9.17) is 44.3 Å². The number of H-pyrrole nitrogens is 1. The first kappa shape index (κ1) is 44.9. The van der Waals surface area contributed by atoms with Gasteiger partial charge in [-0.1, -0.05) is 115 Å². The van der Waals surface area contributed by atoms with E-state index >= 15 is 0 Å². The molecular weight excluding hydrogens is 811 g/mol. The lowest BCUT2D eigenvalue weighted by Gasteiger charge is -2.20. The van der Waals surface area contributed by atoms with Crippen LogP contribution in [0.25, 0.3) is 17.0 Å². The molecule has 0 aliphatic rings. The molecule has 2 amide bonds. The highest BCUT2D eigenvalue weighted by atomic mass is 35.5. The van der Waals surface area contributed by atoms with E-state index in [0.717, 1.165) is 44.8 Å². The Morgan fingerprint density at radius 2 is 1.44 bits per heavy atom. The summed E-state index contributed by atoms with van der Waals surface area (Å²) < 4.78 is 13.3. The number of phenols is 1. The van der Waals surface area contributed by atoms with Gasteiger partial charge in [-0.3, -0.25) is 14.7 Å². The molecule has 0 saturated carbocycles. The molecule has 2 heterocycles. The molecule has 6 rings (SSSR count). The molecule has 0 bridgehead atoms. The number of rotatable bonds is 13. The smallest absolute Gasteiger partial charge is 0.265 e. The number of aromatic amines is 1. The van der Waals surface area contributed by atoms with Crippen molar-refractivity contribution in [3.05, 3.63) is 121 Å². The van der Waals surface area contributed by atoms with Crippen molar-refractivity contribution in [1.82, 2.24) is 25.1 Å². The second-order valence-electron chi connectivity index (χ2n) is 14.7. The van der Waals surface area contributed by atoms with Gasteiger partial charge in [-0.05, 0) is 101 Å². The molecule has 4 N–H and O–H groups in total. The molecule has 0 radical (unpaired) electrons. The molecule has 312 valence electrons. The summed E-state index contributed by atoms with van der Waals surface area (Å²) in [6.07, 6.45) is -0.242. The number of amides is 2. The number of aromatic nitrogens is 4. The third-order valence-corrected chi connectivity index (χ3v) is 11.1. The van der Waals surface area contributed by atoms with Crippen LogP contribution >= 0.6 is 34.8 Å². The lowest BCUT2D eigenvalue weighted by molar-refractivity contribution is -0.127. The molecule has 11 nitrogen and oxygen atoms in total. The molecule has 0 aliphatic carbocycles. The molecule has 0 saturated heterocycles. The van der Waals surface area contributed by atoms with Crippen molar-refractivity contribution in [1.29, 1.82) is 0 Å². The fourth-order valence-corrected chi connectivity index (χ4v) is 7.26. The van der Waals surface area contributed by atoms with Gasteiger partial charge < -0.3 is 25.2 Å². The van der Waals surface area contributed by atoms with Crippen LogP contribution in [-0.2, 0) is 16.0 Å². The number of nitrogens with one attached hydrogen (secondary N) is 3. The monoisotopic (exact) mass is 860 g/mol. The summed E-state index contributed by atoms with van der Waals surface area (Å²) in [5.74, 6) is 1.42. The summed E-state index contributed by atoms with van der Waals surface area (Å²) in [4.78, 5) is 29.7. The quantitative estimate of drug-likeness (QED) is 0.0847. The second kappa shape index (κ2) is 19.7. The Morgan fingerprint density at radius 3 is 2.00 bits per heavy atom. The summed E-state index contributed by atoms with van der Waals surface area (Å²) in [5, 5.41) is 24.6. The maximum atomic E-state index is 12.6. The molecule has 14 heteroatoms. The van der Waals surface area contributed by atoms with Crippen molar-refractivity contribution in [3.8, 4) is 28.6 Å². The van der Waals surface area contributed by atoms with Crippen LogP contribution in [0.2, 0.25) is 15.1 Å². The van der Waals surface area contributed by atoms with Gasteiger partial charge in [-0.15, -0.1) is 5.10 Å². The van der Waals surface area contributed by atoms with Gasteiger partial charge in [0, 0.05) is 17.1 Å². The number of phenolic OH excluding ortho intramolecular Hbond substituents is 1. The highest BCUT2D eigenvalue weighted by molar-refractivity contribution is 6.37. The van der Waals surface area contributed by atoms with E-state index in [9.17, 15) is 14.7 Å². The van der Waals surface area contributed by atoms with E-state index in [1.807, 2.05) is 109 Å². The third kappa shape index (κ3) is 10.9. The Hall–Kier alpha value is -5.23. The third-order valence-electron chi connectivity index (χ3n) is 9.89. The van der Waals surface area contributed by atoms with Crippen molar-refractivity contribution < 1.29 is 24.2 Å². The highest BCUT2D eigenvalue weighted by Crippen LogP contribution is 2.40. The summed E-state index contributed by atoms with van der Waals surface area (Å²) in [6, 6.07) is 21.2. The van der Waals surface area contributed by atoms with Gasteiger partial charge in [0.05, 0.1) is 16.4 Å². The van der Waals surface area contributed by atoms with E-state index in [-0.39, 0.29) is 34.2 Å². The number of anilines is 1. The van der Waals surface area contributed by atoms with Crippen LogP contribution in [-0.4, -0.2) is 55.5 Å². The maximum Gasteiger partial charge on any atom is 0.265 e. The Morgan fingerprint density at radius 1 is 0.831 bits per heavy atom. The van der Waals surface area contributed by atoms with Crippen molar-refractivity contribution in [2.45, 2.75) is 93.3 Å². The molecule has 3 atom stereocenters. The van der Waals surface area contributed by atoms with Gasteiger partial charge in [0.2, 0.25) is 0 Å². The fraction of sp³-hybridized carbons (Fsp3) is 0.333. The van der Waals surface area contributed by atoms with Gasteiger partial charge in [0.15, 0.2) is 29.4 Å². The predicted octanol–water partition coefficient (Wildman–Crippen LogP) is 10.7. The Bertz CT molecular complexity index is 2450. The fourth-order valence-electron chi connectivity index (χ4n) is 6.37. The van der Waals surface area contributed by atoms with Gasteiger partial charge in [-0.25, -0.2) is 4.98 Å². The molecule has 2 aromatic heterocycles. The van der Waals surface area contributed by atoms with E-state index in [2.05, 4.69) is 32.7 Å². The van der Waals surface area contributed by atoms with Crippen LogP contribution in [0.5, 0.6) is 17.2 Å². The lowest BCUT2D eigenvalue weighted by atomic mass is 9.99. The molecular formula is C45H51Cl3N6O5. The SMILES string of the molecule is CCc1c(Cl)cc(NC(=O)C(CC)Oc2ccc(C)cc2C)c(O)c1Cl.Cc1ccc(OC(C)C(=O)NCC(C)c2ccc(-c3nc4c(Cl)c(C)[nH]n4n3)cc2)c(C)c1. The average molecular weight is 862 g/mol. The first-order chi connectivity index (χ1) is 28.0. The largest absolute Gasteiger partial charge is 0.504 e. The van der Waals surface area contributed by atoms with E-state index in [1.165, 1.54) is 6.07 Å². The summed E-state index contributed by atoms with van der Waals surface area (Å²) in [6.45, 7) is 17.9. The number of ether oxygens (including phenoxy) is 2. The van der Waals surface area contributed by atoms with E-state index in [1.54, 1.807) is 11.6 Å². The van der Waals surface area contributed by atoms with Crippen LogP contribution in [0.15, 0.2) is 66.7 Å². The van der Waals surface area contributed by atoms with Crippen molar-refractivity contribution in [3.63, 3.8) is 0 Å². The van der Waals surface area contributed by atoms with Crippen molar-refractivity contribution in [2.75, 3.05) is 11.9 Å². The zero-order chi connectivity index (χ0) is 43.1. The minimum atomic E-state index is -0.709. The summed E-state index contributed by atoms with van der Waals surface area (Å²) >= 11 is 18.6. The number of hydrogen-bond donors (Lipinski definition) is 4. The number of carbonyl (C=O) groups is 2. The van der Waals surface area contributed by atoms with Crippen molar-refractivity contribution >= 4 is 58.0 Å². The summed E-state index contributed by atoms with van der Waals surface area (Å²) in [7, 11) is 0. The van der Waals surface area contributed by atoms with Gasteiger partial charge >= 0.3 is 0 Å². The molecule has 0 fully saturated rings. The number of fused-ring (bicyclic) bond motifs is 1. The van der Waals surface area contributed by atoms with Gasteiger partial charge in [-0.2, -0.15) is 4.63 Å². The van der Waals surface area contributed by atoms with E-state index in [0.29, 0.717) is 52.2 Å². The molecule has 0 spiro atoms. The number of benzene rings is 4. The van der Waals surface area contributed by atoms with Gasteiger partial charge in [0.25, 0.3) is 11.8 Å². The number of nitrogens with zero attached hydrogens (tertiary/aromatic N) is 3. The summed E-state index contributed by atoms with van der Waals surface area (Å²) in [5.41, 5.74) is 8.53. The van der Waals surface area contributed by atoms with E-state index < -0.39 is 12.2 Å². The standard InChI is InChI=1S/C25H28ClN5O2.C20H23Cl2NO3/c1-14-6-11-21(15(2)12-14)33-18(5)25(32)27-13-16(3)19-7-9-20(10-8-19)23-28-24-22(26)17(4)29-31(24)30-23;1-5-13-14(21)10-15(19(24)18(13)22)23-20(25)16(6-2)26-17-8-7-11(3)9-12(17)4/h6-12,16,18,29H,13H2,1-5H3,(H,27,32);7-10,16,24H,5-6H2,1-4H3,(H,23,25). The highest BCUT2D eigenvalue weighted by Gasteiger charge is 2.23. The Kier molecular flexibility index (Phi) is 15.0. The number of carbonyl (C=O) groups excluding carboxylic acids is 2. The number of aromatic hydroxyl groups is 1. The van der Waals surface area contributed by atoms with Crippen molar-refractivity contribution in [2.24, 2.45) is 0 Å². The topological polar surface area (TPSA) is 143 Å². The number of halogens is 3. The van der Waals surface area contributed by atoms with Crippen LogP contribution in [0, 0.1) is 34.6 Å². The molecule has 0 aliphatic heterocycles. The number of aryl methyl sites for hydroxylation is 5. The molecule has 4 aromatic carbocycles. The zero-order valence-corrected chi connectivity index (χ0v) is 37.0. The molecule has 3 unspecified atom stereocenters. The molecule has 6 aromatic rings. The Balaban J connectivity index is 0.000000231. The van der Waals surface area contributed by atoms with Crippen LogP contribution in [0.1, 0.15) is 79.1 Å². The number of hydrogen-bond acceptors (Lipinski definition) is 7. The second-order valence-corrected chi connectivity index (χ2v) is 15.9. The van der Waals surface area contributed by atoms with Gasteiger partial charge in [0.1, 0.15) is 16.5 Å². The van der Waals surface area contributed by atoms with Crippen LogP contribution in [0.4, 0.5) is 5.69 Å². The lowest BCUT2D eigenvalue weighted by Crippen LogP contribution is -2.38.